The molecular formula is C17H14ClN5S. The summed E-state index contributed by atoms with van der Waals surface area (Å²) < 4.78 is 1.77. The molecule has 0 bridgehead atoms. The molecule has 0 saturated heterocycles. The van der Waals surface area contributed by atoms with Gasteiger partial charge in [-0.05, 0) is 48.9 Å². The number of hydrogen-bond acceptors (Lipinski definition) is 5. The van der Waals surface area contributed by atoms with Crippen molar-refractivity contribution in [3.63, 3.8) is 0 Å². The van der Waals surface area contributed by atoms with Crippen LogP contribution in [0.4, 0.5) is 5.69 Å². The number of hydrogen-bond donors (Lipinski definition) is 1. The van der Waals surface area contributed by atoms with Crippen molar-refractivity contribution in [3.8, 4) is 10.6 Å². The van der Waals surface area contributed by atoms with E-state index in [0.717, 1.165) is 38.6 Å². The number of aryl methyl sites for hydroxylation is 1. The average Bonchev–Trinajstić information content (AvgIpc) is 3.17. The van der Waals surface area contributed by atoms with E-state index in [1.165, 1.54) is 16.9 Å². The molecule has 0 saturated carbocycles. The number of nitrogens with one attached hydrogen (secondary N) is 1. The normalized spacial score (nSPS) is 11.1. The van der Waals surface area contributed by atoms with Crippen LogP contribution < -0.4 is 5.32 Å². The Hall–Kier alpha value is -2.44. The number of nitrogens with zero attached hydrogens (tertiary/aromatic N) is 4. The third-order valence-electron chi connectivity index (χ3n) is 3.69. The van der Waals surface area contributed by atoms with Crippen LogP contribution >= 0.6 is 22.9 Å². The number of benzene rings is 2. The highest BCUT2D eigenvalue weighted by Gasteiger charge is 2.10. The zero-order valence-electron chi connectivity index (χ0n) is 12.9. The molecule has 7 heteroatoms. The highest BCUT2D eigenvalue weighted by molar-refractivity contribution is 7.19. The van der Waals surface area contributed by atoms with Crippen molar-refractivity contribution in [2.75, 3.05) is 5.32 Å². The lowest BCUT2D eigenvalue weighted by Crippen LogP contribution is -1.98. The molecule has 0 unspecified atom stereocenters. The average molecular weight is 356 g/mol. The summed E-state index contributed by atoms with van der Waals surface area (Å²) in [5.41, 5.74) is 3.32. The monoisotopic (exact) mass is 355 g/mol. The number of halogens is 1. The van der Waals surface area contributed by atoms with Gasteiger partial charge in [0, 0.05) is 22.8 Å². The van der Waals surface area contributed by atoms with Crippen molar-refractivity contribution in [3.05, 3.63) is 64.9 Å². The van der Waals surface area contributed by atoms with E-state index >= 15 is 0 Å². The molecule has 0 aliphatic rings. The minimum atomic E-state index is 0.753. The van der Waals surface area contributed by atoms with E-state index in [-0.39, 0.29) is 0 Å². The maximum Gasteiger partial charge on any atom is 0.234 e. The van der Waals surface area contributed by atoms with Gasteiger partial charge in [0.15, 0.2) is 5.82 Å². The first kappa shape index (κ1) is 15.1. The summed E-state index contributed by atoms with van der Waals surface area (Å²) in [5, 5.41) is 17.7. The topological polar surface area (TPSA) is 55.1 Å². The Balaban J connectivity index is 1.48. The Morgan fingerprint density at radius 2 is 1.79 bits per heavy atom. The number of rotatable bonds is 4. The van der Waals surface area contributed by atoms with Crippen LogP contribution in [0.3, 0.4) is 0 Å². The first-order valence-electron chi connectivity index (χ1n) is 7.47. The molecule has 1 N–H and O–H groups in total. The molecule has 0 aliphatic carbocycles. The Kier molecular flexibility index (Phi) is 3.92. The first-order valence-corrected chi connectivity index (χ1v) is 8.66. The van der Waals surface area contributed by atoms with Gasteiger partial charge in [-0.3, -0.25) is 0 Å². The third-order valence-corrected chi connectivity index (χ3v) is 4.89. The zero-order valence-corrected chi connectivity index (χ0v) is 14.5. The van der Waals surface area contributed by atoms with Crippen molar-refractivity contribution in [1.29, 1.82) is 0 Å². The van der Waals surface area contributed by atoms with E-state index in [1.807, 2.05) is 31.2 Å². The highest BCUT2D eigenvalue weighted by atomic mass is 35.5. The maximum atomic E-state index is 5.90. The predicted molar refractivity (Wildman–Crippen MR) is 97.6 cm³/mol. The van der Waals surface area contributed by atoms with Crippen LogP contribution in [0.15, 0.2) is 48.5 Å². The second kappa shape index (κ2) is 6.22. The molecule has 5 nitrogen and oxygen atoms in total. The summed E-state index contributed by atoms with van der Waals surface area (Å²) in [6, 6.07) is 16.1. The van der Waals surface area contributed by atoms with E-state index in [0.29, 0.717) is 0 Å². The molecule has 0 fully saturated rings. The summed E-state index contributed by atoms with van der Waals surface area (Å²) in [6.07, 6.45) is 0. The second-order valence-corrected chi connectivity index (χ2v) is 6.80. The lowest BCUT2D eigenvalue weighted by Gasteiger charge is -2.07. The Morgan fingerprint density at radius 3 is 2.50 bits per heavy atom. The molecule has 0 spiro atoms. The standard InChI is InChI=1S/C17H14ClN5S/c1-11-20-21-17-23(11)22-16(24-17)13-4-8-15(9-5-13)19-10-12-2-6-14(18)7-3-12/h2-9,19H,10H2,1H3. The molecule has 0 atom stereocenters. The van der Waals surface area contributed by atoms with Gasteiger partial charge in [-0.25, -0.2) is 0 Å². The SMILES string of the molecule is Cc1nnc2sc(-c3ccc(NCc4ccc(Cl)cc4)cc3)nn12. The largest absolute Gasteiger partial charge is 0.381 e. The Morgan fingerprint density at radius 1 is 1.04 bits per heavy atom. The van der Waals surface area contributed by atoms with Crippen LogP contribution in [0, 0.1) is 6.92 Å². The molecule has 4 aromatic rings. The number of anilines is 1. The summed E-state index contributed by atoms with van der Waals surface area (Å²) in [4.78, 5) is 0.812. The van der Waals surface area contributed by atoms with E-state index < -0.39 is 0 Å². The quantitative estimate of drug-likeness (QED) is 0.588. The van der Waals surface area contributed by atoms with Gasteiger partial charge in [0.25, 0.3) is 0 Å². The van der Waals surface area contributed by atoms with Crippen molar-refractivity contribution in [1.82, 2.24) is 19.8 Å². The van der Waals surface area contributed by atoms with Gasteiger partial charge in [0.05, 0.1) is 0 Å². The van der Waals surface area contributed by atoms with Gasteiger partial charge in [-0.15, -0.1) is 10.2 Å². The fourth-order valence-electron chi connectivity index (χ4n) is 2.37. The van der Waals surface area contributed by atoms with Gasteiger partial charge in [0.1, 0.15) is 5.01 Å². The van der Waals surface area contributed by atoms with E-state index in [9.17, 15) is 0 Å². The minimum absolute atomic E-state index is 0.753. The zero-order chi connectivity index (χ0) is 16.5. The lowest BCUT2D eigenvalue weighted by atomic mass is 10.2. The molecule has 2 aromatic carbocycles. The molecule has 0 radical (unpaired) electrons. The van der Waals surface area contributed by atoms with Crippen molar-refractivity contribution in [2.24, 2.45) is 0 Å². The van der Waals surface area contributed by atoms with Crippen molar-refractivity contribution < 1.29 is 0 Å². The molecule has 120 valence electrons. The molecule has 4 rings (SSSR count). The number of fused-ring (bicyclic) bond motifs is 1. The van der Waals surface area contributed by atoms with Crippen LogP contribution in [0.2, 0.25) is 5.02 Å². The first-order chi connectivity index (χ1) is 11.7. The maximum absolute atomic E-state index is 5.90. The predicted octanol–water partition coefficient (Wildman–Crippen LogP) is 4.43. The van der Waals surface area contributed by atoms with Gasteiger partial charge in [0.2, 0.25) is 4.96 Å². The van der Waals surface area contributed by atoms with Crippen LogP contribution in [-0.4, -0.2) is 19.8 Å². The van der Waals surface area contributed by atoms with E-state index in [4.69, 9.17) is 11.6 Å². The Labute approximate surface area is 147 Å². The van der Waals surface area contributed by atoms with Gasteiger partial charge in [-0.2, -0.15) is 9.61 Å². The van der Waals surface area contributed by atoms with Gasteiger partial charge < -0.3 is 5.32 Å². The fourth-order valence-corrected chi connectivity index (χ4v) is 3.38. The van der Waals surface area contributed by atoms with Crippen LogP contribution in [0.1, 0.15) is 11.4 Å². The molecule has 2 heterocycles. The molecule has 24 heavy (non-hydrogen) atoms. The summed E-state index contributed by atoms with van der Waals surface area (Å²) >= 11 is 7.43. The lowest BCUT2D eigenvalue weighted by molar-refractivity contribution is 0.898. The van der Waals surface area contributed by atoms with Crippen molar-refractivity contribution >= 4 is 33.6 Å². The minimum Gasteiger partial charge on any atom is -0.381 e. The summed E-state index contributed by atoms with van der Waals surface area (Å²) in [7, 11) is 0. The summed E-state index contributed by atoms with van der Waals surface area (Å²) in [6.45, 7) is 2.65. The fraction of sp³-hybridized carbons (Fsp3) is 0.118. The van der Waals surface area contributed by atoms with Crippen LogP contribution in [0.25, 0.3) is 15.5 Å². The molecule has 0 aliphatic heterocycles. The molecule has 0 amide bonds. The van der Waals surface area contributed by atoms with Crippen LogP contribution in [0.5, 0.6) is 0 Å². The molecule has 2 aromatic heterocycles. The van der Waals surface area contributed by atoms with E-state index in [1.54, 1.807) is 4.52 Å². The van der Waals surface area contributed by atoms with Gasteiger partial charge >= 0.3 is 0 Å². The van der Waals surface area contributed by atoms with Crippen LogP contribution in [-0.2, 0) is 6.54 Å². The smallest absolute Gasteiger partial charge is 0.234 e. The van der Waals surface area contributed by atoms with Crippen molar-refractivity contribution in [2.45, 2.75) is 13.5 Å². The number of aromatic nitrogens is 4. The Bertz CT molecular complexity index is 973. The third kappa shape index (κ3) is 2.98. The highest BCUT2D eigenvalue weighted by Crippen LogP contribution is 2.26. The van der Waals surface area contributed by atoms with E-state index in [2.05, 4.69) is 44.9 Å². The van der Waals surface area contributed by atoms with Gasteiger partial charge in [-0.1, -0.05) is 35.1 Å². The second-order valence-electron chi connectivity index (χ2n) is 5.41. The summed E-state index contributed by atoms with van der Waals surface area (Å²) in [5.74, 6) is 0.800. The molecular weight excluding hydrogens is 342 g/mol.